The predicted octanol–water partition coefficient (Wildman–Crippen LogP) is 6.30. The highest BCUT2D eigenvalue weighted by molar-refractivity contribution is 9.11. The number of hydrogen-bond donors (Lipinski definition) is 0. The first kappa shape index (κ1) is 24.5. The van der Waals surface area contributed by atoms with E-state index in [1.54, 1.807) is 31.2 Å². The molecule has 0 unspecified atom stereocenters. The summed E-state index contributed by atoms with van der Waals surface area (Å²) in [5, 5.41) is 11.0. The van der Waals surface area contributed by atoms with Crippen LogP contribution in [0, 0.1) is 24.0 Å². The Morgan fingerprint density at radius 3 is 2.37 bits per heavy atom. The summed E-state index contributed by atoms with van der Waals surface area (Å²) in [5.74, 6) is -0.804. The van der Waals surface area contributed by atoms with Crippen molar-refractivity contribution in [1.29, 1.82) is 0 Å². The third-order valence-corrected chi connectivity index (χ3v) is 6.32. The summed E-state index contributed by atoms with van der Waals surface area (Å²) >= 11 is 6.83. The van der Waals surface area contributed by atoms with Crippen molar-refractivity contribution in [3.63, 3.8) is 0 Å². The Bertz CT molecular complexity index is 1440. The van der Waals surface area contributed by atoms with Gasteiger partial charge in [0.1, 0.15) is 0 Å². The molecule has 0 bridgehead atoms. The molecular formula is C25H16Br2N2O6. The maximum atomic E-state index is 12.6. The van der Waals surface area contributed by atoms with Gasteiger partial charge in [0.15, 0.2) is 11.4 Å². The summed E-state index contributed by atoms with van der Waals surface area (Å²) in [4.78, 5) is 39.8. The molecule has 0 amide bonds. The van der Waals surface area contributed by atoms with Crippen LogP contribution in [0.2, 0.25) is 0 Å². The predicted molar refractivity (Wildman–Crippen MR) is 136 cm³/mol. The minimum Gasteiger partial charge on any atom is -0.420 e. The molecule has 0 atom stereocenters. The molecule has 176 valence electrons. The Balaban J connectivity index is 1.60. The lowest BCUT2D eigenvalue weighted by atomic mass is 10.1. The number of nitro benzene ring substituents is 1. The van der Waals surface area contributed by atoms with Crippen LogP contribution in [0.5, 0.6) is 5.75 Å². The van der Waals surface area contributed by atoms with Gasteiger partial charge in [-0.2, -0.15) is 0 Å². The lowest BCUT2D eigenvalue weighted by Gasteiger charge is -2.11. The van der Waals surface area contributed by atoms with Gasteiger partial charge in [0.05, 0.1) is 19.4 Å². The smallest absolute Gasteiger partial charge is 0.363 e. The number of aliphatic imine (C=N–C) groups is 1. The van der Waals surface area contributed by atoms with Crippen LogP contribution in [0.15, 0.2) is 74.2 Å². The molecule has 0 spiro atoms. The van der Waals surface area contributed by atoms with Gasteiger partial charge in [-0.15, -0.1) is 0 Å². The van der Waals surface area contributed by atoms with Crippen LogP contribution in [0.4, 0.5) is 5.69 Å². The first-order chi connectivity index (χ1) is 16.6. The van der Waals surface area contributed by atoms with Crippen molar-refractivity contribution in [3.8, 4) is 5.75 Å². The van der Waals surface area contributed by atoms with Crippen molar-refractivity contribution < 1.29 is 24.0 Å². The third kappa shape index (κ3) is 5.23. The normalized spacial score (nSPS) is 14.0. The summed E-state index contributed by atoms with van der Waals surface area (Å²) in [6, 6.07) is 14.8. The van der Waals surface area contributed by atoms with Gasteiger partial charge in [-0.3, -0.25) is 10.1 Å². The molecule has 0 aromatic heterocycles. The molecule has 10 heteroatoms. The van der Waals surface area contributed by atoms with Gasteiger partial charge in [0.2, 0.25) is 5.90 Å². The number of ether oxygens (including phenoxy) is 2. The van der Waals surface area contributed by atoms with E-state index in [-0.39, 0.29) is 17.3 Å². The maximum absolute atomic E-state index is 12.6. The van der Waals surface area contributed by atoms with Crippen molar-refractivity contribution in [2.45, 2.75) is 13.8 Å². The Labute approximate surface area is 216 Å². The van der Waals surface area contributed by atoms with E-state index in [1.165, 1.54) is 24.3 Å². The molecule has 8 nitrogen and oxygen atoms in total. The van der Waals surface area contributed by atoms with Crippen molar-refractivity contribution in [3.05, 3.63) is 107 Å². The standard InChI is InChI=1S/C25H16Br2N2O6/c1-13-5-3-4-6-17(13)24(30)34-22-18(26)10-15(11-19(22)27)12-20-25(31)35-23(28-20)16-7-8-21(29(32)33)14(2)9-16/h3-12H,1-2H3/b20-12-. The number of carbonyl (C=O) groups excluding carboxylic acids is 2. The van der Waals surface area contributed by atoms with Crippen LogP contribution in [-0.2, 0) is 9.53 Å². The first-order valence-electron chi connectivity index (χ1n) is 10.2. The monoisotopic (exact) mass is 598 g/mol. The lowest BCUT2D eigenvalue weighted by Crippen LogP contribution is -2.11. The molecule has 3 aromatic carbocycles. The van der Waals surface area contributed by atoms with E-state index in [9.17, 15) is 19.7 Å². The Morgan fingerprint density at radius 2 is 1.74 bits per heavy atom. The number of aryl methyl sites for hydroxylation is 2. The van der Waals surface area contributed by atoms with Crippen molar-refractivity contribution in [2.75, 3.05) is 0 Å². The number of halogens is 2. The van der Waals surface area contributed by atoms with Crippen LogP contribution < -0.4 is 4.74 Å². The number of benzene rings is 3. The van der Waals surface area contributed by atoms with E-state index in [1.807, 2.05) is 19.1 Å². The van der Waals surface area contributed by atoms with E-state index >= 15 is 0 Å². The van der Waals surface area contributed by atoms with Gasteiger partial charge in [0.25, 0.3) is 5.69 Å². The molecule has 0 fully saturated rings. The van der Waals surface area contributed by atoms with Crippen LogP contribution in [0.25, 0.3) is 6.08 Å². The van der Waals surface area contributed by atoms with Gasteiger partial charge in [0, 0.05) is 17.2 Å². The molecule has 0 aliphatic carbocycles. The van der Waals surface area contributed by atoms with Crippen LogP contribution >= 0.6 is 31.9 Å². The summed E-state index contributed by atoms with van der Waals surface area (Å²) in [6.07, 6.45) is 1.52. The van der Waals surface area contributed by atoms with E-state index in [4.69, 9.17) is 9.47 Å². The fourth-order valence-corrected chi connectivity index (χ4v) is 4.78. The topological polar surface area (TPSA) is 108 Å². The van der Waals surface area contributed by atoms with Crippen molar-refractivity contribution in [2.24, 2.45) is 4.99 Å². The number of rotatable bonds is 5. The fourth-order valence-electron chi connectivity index (χ4n) is 3.39. The zero-order valence-corrected chi connectivity index (χ0v) is 21.5. The summed E-state index contributed by atoms with van der Waals surface area (Å²) in [5.41, 5.74) is 2.73. The molecule has 0 saturated carbocycles. The van der Waals surface area contributed by atoms with Gasteiger partial charge in [-0.1, -0.05) is 18.2 Å². The van der Waals surface area contributed by atoms with Crippen LogP contribution in [-0.4, -0.2) is 22.8 Å². The number of hydrogen-bond acceptors (Lipinski definition) is 7. The molecule has 3 aromatic rings. The van der Waals surface area contributed by atoms with E-state index in [2.05, 4.69) is 36.9 Å². The number of carbonyl (C=O) groups is 2. The molecule has 0 radical (unpaired) electrons. The number of esters is 2. The van der Waals surface area contributed by atoms with Gasteiger partial charge < -0.3 is 9.47 Å². The molecule has 1 aliphatic heterocycles. The maximum Gasteiger partial charge on any atom is 0.363 e. The van der Waals surface area contributed by atoms with E-state index in [0.29, 0.717) is 36.9 Å². The summed E-state index contributed by atoms with van der Waals surface area (Å²) < 4.78 is 11.8. The van der Waals surface area contributed by atoms with Gasteiger partial charge in [-0.25, -0.2) is 14.6 Å². The second kappa shape index (κ2) is 9.93. The SMILES string of the molecule is Cc1ccccc1C(=O)Oc1c(Br)cc(/C=C2\N=C(c3ccc([N+](=O)[O-])c(C)c3)OC2=O)cc1Br. The molecule has 1 aliphatic rings. The second-order valence-corrected chi connectivity index (χ2v) is 9.32. The van der Waals surface area contributed by atoms with Gasteiger partial charge in [-0.05, 0) is 93.2 Å². The molecule has 4 rings (SSSR count). The zero-order valence-electron chi connectivity index (χ0n) is 18.4. The van der Waals surface area contributed by atoms with Crippen LogP contribution in [0.3, 0.4) is 0 Å². The van der Waals surface area contributed by atoms with E-state index in [0.717, 1.165) is 5.56 Å². The fraction of sp³-hybridized carbons (Fsp3) is 0.0800. The Kier molecular flexibility index (Phi) is 6.95. The Morgan fingerprint density at radius 1 is 1.06 bits per heavy atom. The van der Waals surface area contributed by atoms with Crippen molar-refractivity contribution in [1.82, 2.24) is 0 Å². The second-order valence-electron chi connectivity index (χ2n) is 7.61. The minimum atomic E-state index is -0.654. The number of cyclic esters (lactones) is 1. The third-order valence-electron chi connectivity index (χ3n) is 5.14. The molecule has 35 heavy (non-hydrogen) atoms. The number of nitro groups is 1. The first-order valence-corrected chi connectivity index (χ1v) is 11.8. The van der Waals surface area contributed by atoms with Gasteiger partial charge >= 0.3 is 11.9 Å². The highest BCUT2D eigenvalue weighted by atomic mass is 79.9. The highest BCUT2D eigenvalue weighted by Gasteiger charge is 2.26. The number of nitrogens with zero attached hydrogens (tertiary/aromatic N) is 2. The zero-order chi connectivity index (χ0) is 25.3. The lowest BCUT2D eigenvalue weighted by molar-refractivity contribution is -0.385. The summed E-state index contributed by atoms with van der Waals surface area (Å²) in [6.45, 7) is 3.42. The molecular weight excluding hydrogens is 584 g/mol. The largest absolute Gasteiger partial charge is 0.420 e. The average molecular weight is 600 g/mol. The van der Waals surface area contributed by atoms with Crippen LogP contribution in [0.1, 0.15) is 32.6 Å². The molecule has 0 N–H and O–H groups in total. The summed E-state index contributed by atoms with van der Waals surface area (Å²) in [7, 11) is 0. The Hall–Kier alpha value is -3.63. The van der Waals surface area contributed by atoms with Crippen molar-refractivity contribution >= 4 is 61.5 Å². The average Bonchev–Trinajstić information content (AvgIpc) is 3.16. The molecule has 1 heterocycles. The highest BCUT2D eigenvalue weighted by Crippen LogP contribution is 2.36. The quantitative estimate of drug-likeness (QED) is 0.112. The molecule has 0 saturated heterocycles. The van der Waals surface area contributed by atoms with E-state index < -0.39 is 16.9 Å². The minimum absolute atomic E-state index is 0.0349.